The third kappa shape index (κ3) is 2.91. The zero-order chi connectivity index (χ0) is 21.7. The largest absolute Gasteiger partial charge is 0.486 e. The van der Waals surface area contributed by atoms with Gasteiger partial charge < -0.3 is 14.0 Å². The van der Waals surface area contributed by atoms with E-state index in [0.29, 0.717) is 36.7 Å². The fourth-order valence-electron chi connectivity index (χ4n) is 4.14. The van der Waals surface area contributed by atoms with Crippen molar-refractivity contribution >= 4 is 16.7 Å². The van der Waals surface area contributed by atoms with Gasteiger partial charge in [0.15, 0.2) is 22.7 Å². The summed E-state index contributed by atoms with van der Waals surface area (Å²) in [5, 5.41) is 13.3. The van der Waals surface area contributed by atoms with Gasteiger partial charge in [0.25, 0.3) is 5.56 Å². The first-order chi connectivity index (χ1) is 15.7. The Morgan fingerprint density at radius 3 is 2.62 bits per heavy atom. The van der Waals surface area contributed by atoms with Crippen molar-refractivity contribution in [2.75, 3.05) is 13.2 Å². The van der Waals surface area contributed by atoms with Crippen LogP contribution in [0.2, 0.25) is 0 Å². The number of rotatable bonds is 3. The molecule has 8 heteroatoms. The van der Waals surface area contributed by atoms with E-state index in [0.717, 1.165) is 28.1 Å². The Kier molecular flexibility index (Phi) is 4.17. The maximum Gasteiger partial charge on any atom is 0.280 e. The lowest BCUT2D eigenvalue weighted by Crippen LogP contribution is -2.22. The molecular weight excluding hydrogens is 406 g/mol. The molecule has 0 atom stereocenters. The first kappa shape index (κ1) is 18.6. The van der Waals surface area contributed by atoms with Gasteiger partial charge in [0.1, 0.15) is 18.7 Å². The lowest BCUT2D eigenvalue weighted by atomic mass is 10.1. The van der Waals surface area contributed by atoms with Crippen LogP contribution < -0.4 is 15.0 Å². The van der Waals surface area contributed by atoms with Gasteiger partial charge in [-0.05, 0) is 36.2 Å². The number of hydrogen-bond donors (Lipinski definition) is 0. The second-order valence-corrected chi connectivity index (χ2v) is 7.72. The van der Waals surface area contributed by atoms with E-state index < -0.39 is 0 Å². The second-order valence-electron chi connectivity index (χ2n) is 7.72. The molecule has 6 rings (SSSR count). The van der Waals surface area contributed by atoms with Crippen LogP contribution in [0.1, 0.15) is 11.3 Å². The van der Waals surface area contributed by atoms with Crippen molar-refractivity contribution < 1.29 is 9.47 Å². The van der Waals surface area contributed by atoms with Crippen molar-refractivity contribution in [2.45, 2.75) is 13.5 Å². The van der Waals surface area contributed by atoms with E-state index in [1.54, 1.807) is 15.3 Å². The van der Waals surface area contributed by atoms with E-state index in [1.807, 2.05) is 61.5 Å². The number of nitrogens with zero attached hydrogens (tertiary/aromatic N) is 5. The first-order valence-electron chi connectivity index (χ1n) is 10.4. The molecule has 32 heavy (non-hydrogen) atoms. The van der Waals surface area contributed by atoms with Gasteiger partial charge in [-0.3, -0.25) is 4.79 Å². The molecule has 4 heterocycles. The number of fused-ring (bicyclic) bond motifs is 4. The molecule has 1 aliphatic heterocycles. The molecule has 5 aromatic rings. The zero-order valence-corrected chi connectivity index (χ0v) is 17.4. The Labute approximate surface area is 182 Å². The smallest absolute Gasteiger partial charge is 0.280 e. The van der Waals surface area contributed by atoms with Crippen molar-refractivity contribution in [1.82, 2.24) is 24.4 Å². The van der Waals surface area contributed by atoms with Crippen LogP contribution in [0.25, 0.3) is 27.8 Å². The Bertz CT molecular complexity index is 1540. The molecule has 8 nitrogen and oxygen atoms in total. The highest BCUT2D eigenvalue weighted by atomic mass is 16.6. The van der Waals surface area contributed by atoms with E-state index >= 15 is 0 Å². The molecule has 0 bridgehead atoms. The van der Waals surface area contributed by atoms with Crippen LogP contribution in [0.15, 0.2) is 65.6 Å². The van der Waals surface area contributed by atoms with Crippen molar-refractivity contribution in [3.05, 3.63) is 82.4 Å². The third-order valence-electron chi connectivity index (χ3n) is 5.65. The molecule has 2 aromatic carbocycles. The Morgan fingerprint density at radius 2 is 1.78 bits per heavy atom. The second kappa shape index (κ2) is 7.19. The van der Waals surface area contributed by atoms with Gasteiger partial charge in [0.05, 0.1) is 17.8 Å². The fourth-order valence-corrected chi connectivity index (χ4v) is 4.14. The highest BCUT2D eigenvalue weighted by molar-refractivity contribution is 5.84. The van der Waals surface area contributed by atoms with Crippen LogP contribution in [0, 0.1) is 6.92 Å². The Balaban J connectivity index is 1.44. The third-order valence-corrected chi connectivity index (χ3v) is 5.65. The monoisotopic (exact) mass is 425 g/mol. The minimum atomic E-state index is -0.221. The Hall–Kier alpha value is -4.20. The maximum absolute atomic E-state index is 13.2. The predicted molar refractivity (Wildman–Crippen MR) is 119 cm³/mol. The van der Waals surface area contributed by atoms with Crippen LogP contribution in [0.4, 0.5) is 0 Å². The Morgan fingerprint density at radius 1 is 0.969 bits per heavy atom. The zero-order valence-electron chi connectivity index (χ0n) is 17.4. The van der Waals surface area contributed by atoms with Gasteiger partial charge in [-0.25, -0.2) is 4.52 Å². The number of hydrogen-bond acceptors (Lipinski definition) is 6. The average Bonchev–Trinajstić information content (AvgIpc) is 3.17. The molecule has 158 valence electrons. The summed E-state index contributed by atoms with van der Waals surface area (Å²) >= 11 is 0. The summed E-state index contributed by atoms with van der Waals surface area (Å²) in [6.07, 6.45) is 1.77. The molecule has 0 saturated carbocycles. The van der Waals surface area contributed by atoms with Gasteiger partial charge in [-0.1, -0.05) is 36.4 Å². The fraction of sp³-hybridized carbons (Fsp3) is 0.167. The summed E-state index contributed by atoms with van der Waals surface area (Å²) in [4.78, 5) is 13.2. The molecule has 0 unspecified atom stereocenters. The highest BCUT2D eigenvalue weighted by Gasteiger charge is 2.18. The van der Waals surface area contributed by atoms with Crippen LogP contribution in [0.5, 0.6) is 11.5 Å². The van der Waals surface area contributed by atoms with Crippen molar-refractivity contribution in [1.29, 1.82) is 0 Å². The number of ether oxygens (including phenoxy) is 2. The normalized spacial score (nSPS) is 13.0. The maximum atomic E-state index is 13.2. The summed E-state index contributed by atoms with van der Waals surface area (Å²) in [6, 6.07) is 17.5. The molecule has 0 N–H and O–H groups in total. The molecule has 0 radical (unpaired) electrons. The average molecular weight is 425 g/mol. The molecule has 3 aromatic heterocycles. The van der Waals surface area contributed by atoms with Gasteiger partial charge in [0.2, 0.25) is 0 Å². The molecule has 0 fully saturated rings. The number of aryl methyl sites for hydroxylation is 1. The molecular formula is C24H19N5O3. The van der Waals surface area contributed by atoms with E-state index in [1.165, 1.54) is 0 Å². The van der Waals surface area contributed by atoms with Crippen LogP contribution in [0.3, 0.4) is 0 Å². The summed E-state index contributed by atoms with van der Waals surface area (Å²) in [5.74, 6) is 1.42. The molecule has 1 aliphatic rings. The lowest BCUT2D eigenvalue weighted by molar-refractivity contribution is 0.171. The number of aromatic nitrogens is 5. The molecule has 0 aliphatic carbocycles. The van der Waals surface area contributed by atoms with E-state index in [-0.39, 0.29) is 11.1 Å². The van der Waals surface area contributed by atoms with Crippen LogP contribution >= 0.6 is 0 Å². The molecule has 0 spiro atoms. The van der Waals surface area contributed by atoms with Crippen molar-refractivity contribution in [2.24, 2.45) is 0 Å². The van der Waals surface area contributed by atoms with Crippen molar-refractivity contribution in [3.63, 3.8) is 0 Å². The first-order valence-corrected chi connectivity index (χ1v) is 10.4. The minimum absolute atomic E-state index is 0.221. The summed E-state index contributed by atoms with van der Waals surface area (Å²) < 4.78 is 14.5. The summed E-state index contributed by atoms with van der Waals surface area (Å²) in [7, 11) is 0. The summed E-state index contributed by atoms with van der Waals surface area (Å²) in [6.45, 7) is 3.39. The van der Waals surface area contributed by atoms with E-state index in [9.17, 15) is 4.79 Å². The predicted octanol–water partition coefficient (Wildman–Crippen LogP) is 3.23. The van der Waals surface area contributed by atoms with Crippen LogP contribution in [-0.4, -0.2) is 37.6 Å². The van der Waals surface area contributed by atoms with E-state index in [2.05, 4.69) is 15.3 Å². The van der Waals surface area contributed by atoms with Gasteiger partial charge in [0, 0.05) is 6.20 Å². The molecule has 0 amide bonds. The van der Waals surface area contributed by atoms with Gasteiger partial charge in [-0.2, -0.15) is 5.10 Å². The SMILES string of the molecule is Cc1nn2c(nnc3c(=O)n(Cc4ccc5c(c4)OCCO5)ccc32)c1-c1ccccc1. The highest BCUT2D eigenvalue weighted by Crippen LogP contribution is 2.31. The minimum Gasteiger partial charge on any atom is -0.486 e. The quantitative estimate of drug-likeness (QED) is 0.441. The number of benzene rings is 2. The van der Waals surface area contributed by atoms with E-state index in [4.69, 9.17) is 9.47 Å². The lowest BCUT2D eigenvalue weighted by Gasteiger charge is -2.19. The van der Waals surface area contributed by atoms with Crippen molar-refractivity contribution in [3.8, 4) is 22.6 Å². The van der Waals surface area contributed by atoms with Crippen LogP contribution in [-0.2, 0) is 6.54 Å². The number of pyridine rings is 1. The summed E-state index contributed by atoms with van der Waals surface area (Å²) in [5.41, 5.74) is 5.01. The molecule has 0 saturated heterocycles. The standard InChI is InChI=1S/C24H19N5O3/c1-15-21(17-5-3-2-4-6-17)23-26-25-22-18(29(23)27-15)9-10-28(24(22)30)14-16-7-8-19-20(13-16)32-12-11-31-19/h2-10,13H,11-12,14H2,1H3. The van der Waals surface area contributed by atoms with Gasteiger partial charge >= 0.3 is 0 Å². The topological polar surface area (TPSA) is 83.5 Å². The van der Waals surface area contributed by atoms with Gasteiger partial charge in [-0.15, -0.1) is 10.2 Å².